The van der Waals surface area contributed by atoms with Crippen LogP contribution in [0.5, 0.6) is 0 Å². The van der Waals surface area contributed by atoms with Gasteiger partial charge in [-0.05, 0) is 42.2 Å². The van der Waals surface area contributed by atoms with Crippen molar-refractivity contribution in [1.29, 1.82) is 0 Å². The lowest BCUT2D eigenvalue weighted by atomic mass is 9.99. The molecule has 0 unspecified atom stereocenters. The Morgan fingerprint density at radius 1 is 1.20 bits per heavy atom. The first kappa shape index (κ1) is 13.4. The van der Waals surface area contributed by atoms with Gasteiger partial charge in [0.1, 0.15) is 5.58 Å². The third-order valence-corrected chi connectivity index (χ3v) is 4.47. The second kappa shape index (κ2) is 5.43. The largest absolute Gasteiger partial charge is 0.464 e. The van der Waals surface area contributed by atoms with Crippen LogP contribution in [0.25, 0.3) is 22.1 Å². The van der Waals surface area contributed by atoms with Gasteiger partial charge in [-0.1, -0.05) is 40.2 Å². The van der Waals surface area contributed by atoms with Crippen LogP contribution in [0.2, 0.25) is 0 Å². The minimum atomic E-state index is 0.140. The molecule has 0 spiro atoms. The Bertz CT molecular complexity index is 759. The van der Waals surface area contributed by atoms with Gasteiger partial charge in [-0.3, -0.25) is 0 Å². The van der Waals surface area contributed by atoms with Crippen LogP contribution in [0.3, 0.4) is 0 Å². The molecule has 102 valence electrons. The van der Waals surface area contributed by atoms with Gasteiger partial charge in [0.05, 0.1) is 6.26 Å². The zero-order valence-electron chi connectivity index (χ0n) is 11.2. The summed E-state index contributed by atoms with van der Waals surface area (Å²) in [4.78, 5) is 0. The summed E-state index contributed by atoms with van der Waals surface area (Å²) in [6.07, 6.45) is 2.36. The van der Waals surface area contributed by atoms with Crippen molar-refractivity contribution in [2.75, 3.05) is 6.61 Å². The Balaban J connectivity index is 2.12. The molecular formula is C17H15BrO2. The van der Waals surface area contributed by atoms with E-state index in [9.17, 15) is 0 Å². The molecule has 0 radical (unpaired) electrons. The molecule has 0 amide bonds. The SMILES string of the molecule is Cc1c(Br)cccc1-c1ccc2c(CCO)coc2c1. The van der Waals surface area contributed by atoms with Gasteiger partial charge in [0, 0.05) is 22.0 Å². The zero-order chi connectivity index (χ0) is 14.1. The van der Waals surface area contributed by atoms with Crippen LogP contribution in [-0.4, -0.2) is 11.7 Å². The molecule has 0 saturated heterocycles. The number of fused-ring (bicyclic) bond motifs is 1. The zero-order valence-corrected chi connectivity index (χ0v) is 12.8. The molecule has 3 heteroatoms. The summed E-state index contributed by atoms with van der Waals surface area (Å²) in [6, 6.07) is 12.4. The van der Waals surface area contributed by atoms with Crippen LogP contribution in [0.1, 0.15) is 11.1 Å². The lowest BCUT2D eigenvalue weighted by molar-refractivity contribution is 0.299. The molecule has 0 atom stereocenters. The molecule has 3 rings (SSSR count). The highest BCUT2D eigenvalue weighted by Crippen LogP contribution is 2.32. The van der Waals surface area contributed by atoms with E-state index in [-0.39, 0.29) is 6.61 Å². The first-order chi connectivity index (χ1) is 9.70. The molecule has 3 aromatic rings. The predicted molar refractivity (Wildman–Crippen MR) is 84.9 cm³/mol. The van der Waals surface area contributed by atoms with E-state index in [1.807, 2.05) is 12.1 Å². The molecule has 0 saturated carbocycles. The first-order valence-electron chi connectivity index (χ1n) is 6.57. The third kappa shape index (κ3) is 2.28. The highest BCUT2D eigenvalue weighted by atomic mass is 79.9. The Morgan fingerprint density at radius 2 is 2.05 bits per heavy atom. The van der Waals surface area contributed by atoms with Gasteiger partial charge in [0.25, 0.3) is 0 Å². The molecule has 2 aromatic carbocycles. The average molecular weight is 331 g/mol. The fourth-order valence-corrected chi connectivity index (χ4v) is 2.85. The number of furan rings is 1. The highest BCUT2D eigenvalue weighted by Gasteiger charge is 2.09. The van der Waals surface area contributed by atoms with Crippen LogP contribution in [0.4, 0.5) is 0 Å². The van der Waals surface area contributed by atoms with Gasteiger partial charge in [-0.2, -0.15) is 0 Å². The summed E-state index contributed by atoms with van der Waals surface area (Å²) in [7, 11) is 0. The third-order valence-electron chi connectivity index (χ3n) is 3.62. The smallest absolute Gasteiger partial charge is 0.134 e. The van der Waals surface area contributed by atoms with Gasteiger partial charge >= 0.3 is 0 Å². The highest BCUT2D eigenvalue weighted by molar-refractivity contribution is 9.10. The van der Waals surface area contributed by atoms with Gasteiger partial charge in [0.15, 0.2) is 0 Å². The molecule has 0 fully saturated rings. The van der Waals surface area contributed by atoms with E-state index in [4.69, 9.17) is 9.52 Å². The summed E-state index contributed by atoms with van der Waals surface area (Å²) in [5.74, 6) is 0. The van der Waals surface area contributed by atoms with E-state index >= 15 is 0 Å². The van der Waals surface area contributed by atoms with E-state index in [1.54, 1.807) is 6.26 Å². The summed E-state index contributed by atoms with van der Waals surface area (Å²) >= 11 is 3.57. The number of aliphatic hydroxyl groups is 1. The predicted octanol–water partition coefficient (Wildman–Crippen LogP) is 4.71. The first-order valence-corrected chi connectivity index (χ1v) is 7.36. The lowest BCUT2D eigenvalue weighted by Gasteiger charge is -2.07. The monoisotopic (exact) mass is 330 g/mol. The minimum Gasteiger partial charge on any atom is -0.464 e. The Hall–Kier alpha value is -1.58. The van der Waals surface area contributed by atoms with E-state index in [0.717, 1.165) is 26.6 Å². The number of halogens is 1. The van der Waals surface area contributed by atoms with Crippen molar-refractivity contribution in [3.05, 3.63) is 58.3 Å². The molecule has 0 aliphatic rings. The molecule has 1 aromatic heterocycles. The van der Waals surface area contributed by atoms with Crippen molar-refractivity contribution >= 4 is 26.9 Å². The Labute approximate surface area is 126 Å². The van der Waals surface area contributed by atoms with E-state index in [2.05, 4.69) is 47.1 Å². The molecule has 1 N–H and O–H groups in total. The summed E-state index contributed by atoms with van der Waals surface area (Å²) in [5, 5.41) is 10.1. The fourth-order valence-electron chi connectivity index (χ4n) is 2.49. The van der Waals surface area contributed by atoms with Gasteiger partial charge < -0.3 is 9.52 Å². The molecule has 1 heterocycles. The van der Waals surface area contributed by atoms with Gasteiger partial charge in [-0.25, -0.2) is 0 Å². The van der Waals surface area contributed by atoms with Crippen molar-refractivity contribution < 1.29 is 9.52 Å². The summed E-state index contributed by atoms with van der Waals surface area (Å²) in [6.45, 7) is 2.24. The van der Waals surface area contributed by atoms with Crippen molar-refractivity contribution in [2.24, 2.45) is 0 Å². The molecular weight excluding hydrogens is 316 g/mol. The van der Waals surface area contributed by atoms with Crippen molar-refractivity contribution in [2.45, 2.75) is 13.3 Å². The second-order valence-corrected chi connectivity index (χ2v) is 5.71. The Morgan fingerprint density at radius 3 is 2.85 bits per heavy atom. The van der Waals surface area contributed by atoms with Crippen molar-refractivity contribution in [3.8, 4) is 11.1 Å². The maximum Gasteiger partial charge on any atom is 0.134 e. The number of hydrogen-bond acceptors (Lipinski definition) is 2. The topological polar surface area (TPSA) is 33.4 Å². The maximum absolute atomic E-state index is 9.05. The van der Waals surface area contributed by atoms with Crippen LogP contribution >= 0.6 is 15.9 Å². The number of aliphatic hydroxyl groups excluding tert-OH is 1. The van der Waals surface area contributed by atoms with E-state index in [0.29, 0.717) is 6.42 Å². The molecule has 0 bridgehead atoms. The minimum absolute atomic E-state index is 0.140. The van der Waals surface area contributed by atoms with E-state index < -0.39 is 0 Å². The quantitative estimate of drug-likeness (QED) is 0.754. The maximum atomic E-state index is 9.05. The van der Waals surface area contributed by atoms with Gasteiger partial charge in [0.2, 0.25) is 0 Å². The molecule has 2 nitrogen and oxygen atoms in total. The number of benzene rings is 2. The number of rotatable bonds is 3. The number of hydrogen-bond donors (Lipinski definition) is 1. The Kier molecular flexibility index (Phi) is 3.64. The van der Waals surface area contributed by atoms with Crippen molar-refractivity contribution in [3.63, 3.8) is 0 Å². The molecule has 0 aliphatic heterocycles. The summed E-state index contributed by atoms with van der Waals surface area (Å²) in [5.41, 5.74) is 5.47. The molecule has 0 aliphatic carbocycles. The normalized spacial score (nSPS) is 11.2. The summed E-state index contributed by atoms with van der Waals surface area (Å²) < 4.78 is 6.72. The van der Waals surface area contributed by atoms with Crippen LogP contribution in [0.15, 0.2) is 51.6 Å². The van der Waals surface area contributed by atoms with Gasteiger partial charge in [-0.15, -0.1) is 0 Å². The molecule has 20 heavy (non-hydrogen) atoms. The second-order valence-electron chi connectivity index (χ2n) is 4.86. The van der Waals surface area contributed by atoms with Crippen LogP contribution < -0.4 is 0 Å². The van der Waals surface area contributed by atoms with Crippen LogP contribution in [-0.2, 0) is 6.42 Å². The van der Waals surface area contributed by atoms with Crippen molar-refractivity contribution in [1.82, 2.24) is 0 Å². The lowest BCUT2D eigenvalue weighted by Crippen LogP contribution is -1.88. The standard InChI is InChI=1S/C17H15BrO2/c1-11-14(3-2-4-16(11)18)12-5-6-15-13(7-8-19)10-20-17(15)9-12/h2-6,9-10,19H,7-8H2,1H3. The van der Waals surface area contributed by atoms with Crippen LogP contribution in [0, 0.1) is 6.92 Å². The van der Waals surface area contributed by atoms with E-state index in [1.165, 1.54) is 11.1 Å². The fraction of sp³-hybridized carbons (Fsp3) is 0.176. The average Bonchev–Trinajstić information content (AvgIpc) is 2.85.